The predicted octanol–water partition coefficient (Wildman–Crippen LogP) is 4.45. The molecule has 9 nitrogen and oxygen atoms in total. The Balaban J connectivity index is 1.52. The zero-order valence-electron chi connectivity index (χ0n) is 20.8. The van der Waals surface area contributed by atoms with Crippen LogP contribution in [-0.4, -0.2) is 39.2 Å². The number of ether oxygens (including phenoxy) is 1. The molecule has 5 rings (SSSR count). The zero-order chi connectivity index (χ0) is 25.8. The number of benzene rings is 1. The monoisotopic (exact) mass is 493 g/mol. The van der Waals surface area contributed by atoms with Crippen LogP contribution in [0.15, 0.2) is 78.1 Å². The van der Waals surface area contributed by atoms with Crippen LogP contribution in [0.2, 0.25) is 0 Å². The zero-order valence-corrected chi connectivity index (χ0v) is 20.8. The number of anilines is 1. The fraction of sp³-hybridized carbons (Fsp3) is 0.179. The number of carbonyl (C=O) groups is 1. The van der Waals surface area contributed by atoms with Crippen molar-refractivity contribution in [2.24, 2.45) is 5.10 Å². The van der Waals surface area contributed by atoms with Crippen LogP contribution in [-0.2, 0) is 11.3 Å². The second-order valence-electron chi connectivity index (χ2n) is 8.66. The lowest BCUT2D eigenvalue weighted by molar-refractivity contribution is -0.114. The van der Waals surface area contributed by atoms with E-state index >= 15 is 0 Å². The van der Waals surface area contributed by atoms with Gasteiger partial charge in [0.25, 0.3) is 5.91 Å². The number of aromatic amines is 1. The first-order valence-corrected chi connectivity index (χ1v) is 11.9. The minimum atomic E-state index is -0.265. The molecule has 0 radical (unpaired) electrons. The van der Waals surface area contributed by atoms with Gasteiger partial charge in [0.05, 0.1) is 25.1 Å². The Labute approximate surface area is 215 Å². The number of hydrogen-bond acceptors (Lipinski definition) is 7. The van der Waals surface area contributed by atoms with Crippen LogP contribution in [0.1, 0.15) is 35.5 Å². The molecule has 37 heavy (non-hydrogen) atoms. The van der Waals surface area contributed by atoms with Gasteiger partial charge in [-0.25, -0.2) is 4.98 Å². The smallest absolute Gasteiger partial charge is 0.281 e. The molecule has 1 aromatic carbocycles. The molecule has 1 amide bonds. The van der Waals surface area contributed by atoms with Gasteiger partial charge in [0.2, 0.25) is 0 Å². The Morgan fingerprint density at radius 3 is 2.57 bits per heavy atom. The highest BCUT2D eigenvalue weighted by atomic mass is 16.5. The Kier molecular flexibility index (Phi) is 6.87. The molecule has 4 aromatic rings. The molecular formula is C28H27N7O2. The third kappa shape index (κ3) is 5.03. The number of aryl methyl sites for hydroxylation is 1. The highest BCUT2D eigenvalue weighted by molar-refractivity contribution is 6.25. The maximum atomic E-state index is 13.1. The number of nitrogens with zero attached hydrogens (tertiary/aromatic N) is 5. The molecule has 0 bridgehead atoms. The van der Waals surface area contributed by atoms with Crippen LogP contribution in [0.5, 0.6) is 5.75 Å². The predicted molar refractivity (Wildman–Crippen MR) is 143 cm³/mol. The van der Waals surface area contributed by atoms with Crippen molar-refractivity contribution >= 4 is 24.0 Å². The van der Waals surface area contributed by atoms with Gasteiger partial charge in [-0.2, -0.15) is 10.1 Å². The highest BCUT2D eigenvalue weighted by Gasteiger charge is 2.27. The molecule has 1 aliphatic heterocycles. The molecule has 1 atom stereocenters. The van der Waals surface area contributed by atoms with Crippen LogP contribution in [0.4, 0.5) is 5.82 Å². The van der Waals surface area contributed by atoms with Crippen molar-refractivity contribution in [3.63, 3.8) is 0 Å². The molecule has 0 saturated heterocycles. The van der Waals surface area contributed by atoms with E-state index in [0.29, 0.717) is 17.9 Å². The minimum Gasteiger partial charge on any atom is -0.497 e. The van der Waals surface area contributed by atoms with Crippen LogP contribution >= 0.6 is 0 Å². The van der Waals surface area contributed by atoms with E-state index in [0.717, 1.165) is 39.4 Å². The fourth-order valence-electron chi connectivity index (χ4n) is 4.42. The maximum absolute atomic E-state index is 13.1. The lowest BCUT2D eigenvalue weighted by Gasteiger charge is -2.17. The number of rotatable bonds is 8. The SMILES string of the molecule is COc1ccc(-c2c(/C=C3\C=NN(c4cnccn4)C3=O)[nH]c(C)c2C(C)NCc2ccncc2)cc1. The van der Waals surface area contributed by atoms with Crippen molar-refractivity contribution in [3.8, 4) is 16.9 Å². The summed E-state index contributed by atoms with van der Waals surface area (Å²) in [7, 11) is 1.65. The number of H-pyrrole nitrogens is 1. The molecule has 186 valence electrons. The quantitative estimate of drug-likeness (QED) is 0.351. The molecule has 0 fully saturated rings. The summed E-state index contributed by atoms with van der Waals surface area (Å²) < 4.78 is 5.37. The summed E-state index contributed by atoms with van der Waals surface area (Å²) >= 11 is 0. The van der Waals surface area contributed by atoms with E-state index in [1.807, 2.05) is 49.4 Å². The van der Waals surface area contributed by atoms with Crippen LogP contribution in [0.3, 0.4) is 0 Å². The second kappa shape index (κ2) is 10.5. The summed E-state index contributed by atoms with van der Waals surface area (Å²) in [5.41, 5.74) is 6.59. The summed E-state index contributed by atoms with van der Waals surface area (Å²) in [6.45, 7) is 4.88. The van der Waals surface area contributed by atoms with Gasteiger partial charge in [-0.05, 0) is 60.9 Å². The average molecular weight is 494 g/mol. The molecule has 9 heteroatoms. The molecule has 0 saturated carbocycles. The standard InChI is InChI=1S/C28H27N7O2/c1-18(32-15-20-8-10-29-11-9-20)26-19(2)34-24(27(26)21-4-6-23(37-3)7-5-21)14-22-16-33-35(28(22)36)25-17-30-12-13-31-25/h4-14,16-18,32,34H,15H2,1-3H3/b22-14+. The number of nitrogens with one attached hydrogen (secondary N) is 2. The van der Waals surface area contributed by atoms with Crippen LogP contribution < -0.4 is 15.1 Å². The van der Waals surface area contributed by atoms with Gasteiger partial charge < -0.3 is 15.0 Å². The topological polar surface area (TPSA) is 108 Å². The summed E-state index contributed by atoms with van der Waals surface area (Å²) in [4.78, 5) is 29.0. The maximum Gasteiger partial charge on any atom is 0.281 e. The number of hydrogen-bond donors (Lipinski definition) is 2. The fourth-order valence-corrected chi connectivity index (χ4v) is 4.42. The van der Waals surface area contributed by atoms with Crippen molar-refractivity contribution in [3.05, 3.63) is 95.5 Å². The molecule has 4 heterocycles. The van der Waals surface area contributed by atoms with E-state index in [9.17, 15) is 4.79 Å². The van der Waals surface area contributed by atoms with Gasteiger partial charge in [-0.3, -0.25) is 14.8 Å². The summed E-state index contributed by atoms with van der Waals surface area (Å²) in [5.74, 6) is 0.887. The number of hydrazone groups is 1. The molecular weight excluding hydrogens is 466 g/mol. The lowest BCUT2D eigenvalue weighted by atomic mass is 9.95. The van der Waals surface area contributed by atoms with E-state index in [-0.39, 0.29) is 11.9 Å². The number of amides is 1. The third-order valence-corrected chi connectivity index (χ3v) is 6.26. The van der Waals surface area contributed by atoms with E-state index < -0.39 is 0 Å². The molecule has 0 spiro atoms. The summed E-state index contributed by atoms with van der Waals surface area (Å²) in [6, 6.07) is 11.9. The molecule has 1 unspecified atom stereocenters. The first kappa shape index (κ1) is 24.1. The van der Waals surface area contributed by atoms with E-state index in [4.69, 9.17) is 4.74 Å². The van der Waals surface area contributed by atoms with Crippen LogP contribution in [0, 0.1) is 6.92 Å². The number of methoxy groups -OCH3 is 1. The van der Waals surface area contributed by atoms with Gasteiger partial charge >= 0.3 is 0 Å². The van der Waals surface area contributed by atoms with Gasteiger partial charge in [-0.15, -0.1) is 0 Å². The normalized spacial score (nSPS) is 14.9. The Morgan fingerprint density at radius 1 is 1.08 bits per heavy atom. The van der Waals surface area contributed by atoms with Crippen molar-refractivity contribution < 1.29 is 9.53 Å². The van der Waals surface area contributed by atoms with Crippen LogP contribution in [0.25, 0.3) is 17.2 Å². The third-order valence-electron chi connectivity index (χ3n) is 6.26. The van der Waals surface area contributed by atoms with Crippen molar-refractivity contribution in [1.29, 1.82) is 0 Å². The summed E-state index contributed by atoms with van der Waals surface area (Å²) in [5, 5.41) is 9.13. The Morgan fingerprint density at radius 2 is 1.86 bits per heavy atom. The van der Waals surface area contributed by atoms with Gasteiger partial charge in [-0.1, -0.05) is 12.1 Å². The molecule has 3 aromatic heterocycles. The van der Waals surface area contributed by atoms with Gasteiger partial charge in [0, 0.05) is 54.3 Å². The molecule has 0 aliphatic carbocycles. The molecule has 2 N–H and O–H groups in total. The van der Waals surface area contributed by atoms with Crippen molar-refractivity contribution in [1.82, 2.24) is 25.3 Å². The number of aromatic nitrogens is 4. The second-order valence-corrected chi connectivity index (χ2v) is 8.66. The Bertz CT molecular complexity index is 1450. The number of pyridine rings is 1. The van der Waals surface area contributed by atoms with Crippen molar-refractivity contribution in [2.45, 2.75) is 26.4 Å². The largest absolute Gasteiger partial charge is 0.497 e. The lowest BCUT2D eigenvalue weighted by Crippen LogP contribution is -2.22. The van der Waals surface area contributed by atoms with Gasteiger partial charge in [0.1, 0.15) is 5.75 Å². The number of carbonyl (C=O) groups excluding carboxylic acids is 1. The van der Waals surface area contributed by atoms with Gasteiger partial charge in [0.15, 0.2) is 5.82 Å². The average Bonchev–Trinajstić information content (AvgIpc) is 3.47. The van der Waals surface area contributed by atoms with E-state index in [2.05, 4.69) is 37.3 Å². The van der Waals surface area contributed by atoms with E-state index in [1.165, 1.54) is 17.4 Å². The molecule has 1 aliphatic rings. The van der Waals surface area contributed by atoms with Crippen molar-refractivity contribution in [2.75, 3.05) is 12.1 Å². The first-order valence-electron chi connectivity index (χ1n) is 11.9. The summed E-state index contributed by atoms with van der Waals surface area (Å²) in [6.07, 6.45) is 11.6. The Hall–Kier alpha value is -4.63. The highest BCUT2D eigenvalue weighted by Crippen LogP contribution is 2.37. The minimum absolute atomic E-state index is 0.0257. The first-order chi connectivity index (χ1) is 18.0. The van der Waals surface area contributed by atoms with E-state index in [1.54, 1.807) is 31.9 Å².